The molecule has 3 radical (unpaired) electrons. The molecule has 0 amide bonds. The van der Waals surface area contributed by atoms with E-state index in [0.29, 0.717) is 0 Å². The van der Waals surface area contributed by atoms with Gasteiger partial charge in [-0.2, -0.15) is 0 Å². The third-order valence-corrected chi connectivity index (χ3v) is 32.1. The predicted octanol–water partition coefficient (Wildman–Crippen LogP) is 33.2. The van der Waals surface area contributed by atoms with E-state index < -0.39 is 24.2 Å². The molecule has 0 aliphatic heterocycles. The molecular weight excluding hydrogens is 2330 g/mol. The van der Waals surface area contributed by atoms with E-state index in [1.165, 1.54) is 163 Å². The molecule has 0 saturated carbocycles. The zero-order chi connectivity index (χ0) is 97.1. The summed E-state index contributed by atoms with van der Waals surface area (Å²) in [6.07, 6.45) is 11.8. The van der Waals surface area contributed by atoms with Crippen LogP contribution in [0.5, 0.6) is 0 Å². The van der Waals surface area contributed by atoms with Crippen LogP contribution >= 0.6 is 0 Å². The molecule has 0 aliphatic carbocycles. The molecule has 0 bridgehead atoms. The number of aromatic nitrogens is 6. The van der Waals surface area contributed by atoms with Crippen molar-refractivity contribution in [2.24, 2.45) is 0 Å². The van der Waals surface area contributed by atoms with Crippen LogP contribution in [0.3, 0.4) is 0 Å². The van der Waals surface area contributed by atoms with Gasteiger partial charge in [-0.1, -0.05) is 386 Å². The Balaban J connectivity index is 0.000000129. The van der Waals surface area contributed by atoms with Crippen molar-refractivity contribution in [1.29, 1.82) is 0 Å². The molecule has 711 valence electrons. The van der Waals surface area contributed by atoms with Crippen LogP contribution in [0.25, 0.3) is 198 Å². The van der Waals surface area contributed by atoms with Gasteiger partial charge in [-0.05, 0) is 181 Å². The van der Waals surface area contributed by atoms with Gasteiger partial charge in [0.2, 0.25) is 0 Å². The van der Waals surface area contributed by atoms with Crippen molar-refractivity contribution in [3.05, 3.63) is 491 Å². The second-order valence-corrected chi connectivity index (χ2v) is 54.2. The maximum atomic E-state index is 4.95. The summed E-state index contributed by atoms with van der Waals surface area (Å²) in [6, 6.07) is 161. The molecule has 0 fully saturated rings. The smallest absolute Gasteiger partial charge is 0.0803 e. The summed E-state index contributed by atoms with van der Waals surface area (Å²) >= 11 is 0. The average molecular weight is 2440 g/mol. The van der Waals surface area contributed by atoms with Gasteiger partial charge in [0.25, 0.3) is 0 Å². The summed E-state index contributed by atoms with van der Waals surface area (Å²) in [5.41, 5.74) is 23.1. The van der Waals surface area contributed by atoms with Crippen molar-refractivity contribution < 1.29 is 60.3 Å². The van der Waals surface area contributed by atoms with Crippen molar-refractivity contribution in [2.75, 3.05) is 0 Å². The Labute approximate surface area is 890 Å². The Kier molecular flexibility index (Phi) is 32.8. The Morgan fingerprint density at radius 1 is 0.181 bits per heavy atom. The Morgan fingerprint density at radius 3 is 0.757 bits per heavy atom. The Hall–Kier alpha value is -14.2. The second-order valence-electron chi connectivity index (χ2n) is 39.0. The van der Waals surface area contributed by atoms with E-state index in [1.807, 2.05) is 130 Å². The van der Waals surface area contributed by atoms with E-state index in [0.717, 1.165) is 67.5 Å². The molecule has 6 heterocycles. The maximum absolute atomic E-state index is 4.95. The minimum Gasteiger partial charge on any atom is -0.305 e. The van der Waals surface area contributed by atoms with Gasteiger partial charge < -0.3 is 29.9 Å². The fraction of sp³-hybridized carbons (Fsp3) is 0.0909. The first-order valence-corrected chi connectivity index (χ1v) is 58.7. The maximum Gasteiger partial charge on any atom is 0.0803 e. The number of hydrogen-bond donors (Lipinski definition) is 0. The number of rotatable bonds is 12. The molecule has 0 aliphatic rings. The molecule has 6 aromatic heterocycles. The summed E-state index contributed by atoms with van der Waals surface area (Å²) in [7, 11) is -4.32. The zero-order valence-electron chi connectivity index (χ0n) is 82.8. The number of pyridine rings is 6. The summed E-state index contributed by atoms with van der Waals surface area (Å²) in [5, 5.41) is 26.9. The van der Waals surface area contributed by atoms with E-state index in [2.05, 4.69) is 438 Å². The molecule has 144 heavy (non-hydrogen) atoms. The van der Waals surface area contributed by atoms with Crippen LogP contribution in [0.2, 0.25) is 58.9 Å². The van der Waals surface area contributed by atoms with E-state index in [4.69, 9.17) is 15.0 Å². The zero-order valence-corrected chi connectivity index (χ0v) is 92.9. The molecule has 24 aromatic rings. The molecule has 0 N–H and O–H groups in total. The summed E-state index contributed by atoms with van der Waals surface area (Å²) < 4.78 is 0. The first-order chi connectivity index (χ1) is 68.6. The van der Waals surface area contributed by atoms with Crippen molar-refractivity contribution >= 4 is 137 Å². The summed E-state index contributed by atoms with van der Waals surface area (Å²) in [4.78, 5) is 27.6. The molecule has 18 aromatic carbocycles. The molecular formula is C132H108Ir3N6Si3-6. The normalized spacial score (nSPS) is 11.2. The number of fused-ring (bicyclic) bond motifs is 18. The van der Waals surface area contributed by atoms with Crippen LogP contribution in [-0.4, -0.2) is 54.1 Å². The second kappa shape index (κ2) is 46.0. The standard InChI is InChI=1S/3C32H26NSi.3C12H10N.3Ir/c1-34(2,3)32-21-33-31(20-29(32)22-11-5-4-6-12-22)23-17-18-28-26-15-8-7-13-24(26)25-14-9-10-16-27(25)30(28)19-23;1-34(2,3)25-15-18-32(33-21-25)24-14-17-28-26-11-7-8-12-27(26)30-19-23(22-9-5-4-6-10-22)13-16-29(30)31(28)20-24;1-34(2,3)25-15-18-32(33-21-25)24-14-17-29-27-12-8-7-11-26(27)28-16-13-23(19-30(28)31(29)20-24)22-9-5-4-6-10-22;3*1-10-7-8-12(13-9-10)11-5-3-2-4-6-11;;;/h4-16,18-21H,1-3H3;2*4-13,15-21H,1-3H3;3*2-5,7-9H,1H3;;;/q6*-1;;;. The Morgan fingerprint density at radius 2 is 0.444 bits per heavy atom. The van der Waals surface area contributed by atoms with Gasteiger partial charge in [0.1, 0.15) is 0 Å². The van der Waals surface area contributed by atoms with E-state index in [9.17, 15) is 0 Å². The predicted molar refractivity (Wildman–Crippen MR) is 608 cm³/mol. The number of aryl methyl sites for hydroxylation is 3. The SMILES string of the molecule is C[Si](C)(C)c1ccc(-c2[c-]cc3c4ccccc4c4cc(-c5ccccc5)ccc4c3c2)nc1.C[Si](C)(C)c1ccc(-c2[c-]cc3c4ccccc4c4ccc(-c5ccccc5)cc4c3c2)nc1.C[Si](C)(C)c1cnc(-c2[c-]cc3c4ccccc4c4ccccc4c3c2)cc1-c1ccccc1.Cc1ccc(-c2[c-]cccc2)nc1.Cc1ccc(-c2[c-]cccc2)nc1.Cc1ccc(-c2[c-]cccc2)nc1.[Ir].[Ir].[Ir]. The number of hydrogen-bond acceptors (Lipinski definition) is 6. The Bertz CT molecular complexity index is 8330. The fourth-order valence-corrected chi connectivity index (χ4v) is 21.8. The molecule has 0 unspecified atom stereocenters. The van der Waals surface area contributed by atoms with Crippen LogP contribution in [0.1, 0.15) is 16.7 Å². The van der Waals surface area contributed by atoms with E-state index in [-0.39, 0.29) is 60.3 Å². The minimum absolute atomic E-state index is 0. The van der Waals surface area contributed by atoms with Gasteiger partial charge in [-0.3, -0.25) is 0 Å². The van der Waals surface area contributed by atoms with Gasteiger partial charge in [-0.15, -0.1) is 179 Å². The quantitative estimate of drug-likeness (QED) is 0.0689. The topological polar surface area (TPSA) is 77.3 Å². The summed E-state index contributed by atoms with van der Waals surface area (Å²) in [5.74, 6) is 0. The van der Waals surface area contributed by atoms with Crippen molar-refractivity contribution in [2.45, 2.75) is 79.7 Å². The average Bonchev–Trinajstić information content (AvgIpc) is 0.737. The molecule has 6 nitrogen and oxygen atoms in total. The van der Waals surface area contributed by atoms with Crippen molar-refractivity contribution in [1.82, 2.24) is 29.9 Å². The largest absolute Gasteiger partial charge is 0.305 e. The third-order valence-electron chi connectivity index (χ3n) is 26.0. The van der Waals surface area contributed by atoms with E-state index in [1.54, 1.807) is 0 Å². The van der Waals surface area contributed by atoms with Gasteiger partial charge in [-0.25, -0.2) is 0 Å². The van der Waals surface area contributed by atoms with Gasteiger partial charge in [0.05, 0.1) is 24.2 Å². The molecule has 0 saturated heterocycles. The number of nitrogens with zero attached hydrogens (tertiary/aromatic N) is 6. The molecule has 0 spiro atoms. The van der Waals surface area contributed by atoms with Crippen molar-refractivity contribution in [3.8, 4) is 101 Å². The first kappa shape index (κ1) is 103. The number of benzene rings is 18. The van der Waals surface area contributed by atoms with Crippen LogP contribution in [0, 0.1) is 57.2 Å². The van der Waals surface area contributed by atoms with Gasteiger partial charge in [0.15, 0.2) is 0 Å². The van der Waals surface area contributed by atoms with Gasteiger partial charge in [0, 0.05) is 97.5 Å². The molecule has 12 heteroatoms. The summed E-state index contributed by atoms with van der Waals surface area (Å²) in [6.45, 7) is 27.4. The first-order valence-electron chi connectivity index (χ1n) is 48.2. The van der Waals surface area contributed by atoms with E-state index >= 15 is 0 Å². The monoisotopic (exact) mass is 2440 g/mol. The molecule has 24 rings (SSSR count). The van der Waals surface area contributed by atoms with Crippen molar-refractivity contribution in [3.63, 3.8) is 0 Å². The third kappa shape index (κ3) is 23.5. The fourth-order valence-electron chi connectivity index (χ4n) is 18.3. The van der Waals surface area contributed by atoms with Crippen LogP contribution in [-0.2, 0) is 60.3 Å². The molecule has 0 atom stereocenters. The van der Waals surface area contributed by atoms with Crippen LogP contribution in [0.4, 0.5) is 0 Å². The minimum atomic E-state index is -1.57. The van der Waals surface area contributed by atoms with Crippen LogP contribution < -0.4 is 15.6 Å². The van der Waals surface area contributed by atoms with Gasteiger partial charge >= 0.3 is 0 Å². The van der Waals surface area contributed by atoms with Crippen LogP contribution in [0.15, 0.2) is 438 Å².